The number of aryl methyl sites for hydroxylation is 2. The molecule has 1 aromatic heterocycles. The lowest BCUT2D eigenvalue weighted by atomic mass is 10.1. The fourth-order valence-electron chi connectivity index (χ4n) is 2.74. The number of rotatable bonds is 3. The van der Waals surface area contributed by atoms with Gasteiger partial charge in [-0.25, -0.2) is 9.37 Å². The number of fused-ring (bicyclic) bond motifs is 1. The van der Waals surface area contributed by atoms with Gasteiger partial charge in [0, 0.05) is 30.5 Å². The maximum Gasteiger partial charge on any atom is 0.137 e. The van der Waals surface area contributed by atoms with Gasteiger partial charge < -0.3 is 10.6 Å². The lowest BCUT2D eigenvalue weighted by Crippen LogP contribution is -2.16. The molecule has 0 unspecified atom stereocenters. The Bertz CT molecular complexity index is 622. The number of aromatic nitrogens is 1. The third-order valence-corrected chi connectivity index (χ3v) is 3.86. The Morgan fingerprint density at radius 1 is 1.25 bits per heavy atom. The lowest BCUT2D eigenvalue weighted by Gasteiger charge is -2.22. The summed E-state index contributed by atoms with van der Waals surface area (Å²) in [4.78, 5) is 6.75. The molecule has 0 fully saturated rings. The van der Waals surface area contributed by atoms with Crippen LogP contribution in [0.2, 0.25) is 0 Å². The fraction of sp³-hybridized carbons (Fsp3) is 0.312. The molecule has 4 heteroatoms. The zero-order chi connectivity index (χ0) is 14.1. The van der Waals surface area contributed by atoms with Gasteiger partial charge in [-0.15, -0.1) is 0 Å². The normalized spacial score (nSPS) is 13.3. The quantitative estimate of drug-likeness (QED) is 0.933. The highest BCUT2D eigenvalue weighted by Crippen LogP contribution is 2.30. The highest BCUT2D eigenvalue weighted by molar-refractivity contribution is 5.63. The van der Waals surface area contributed by atoms with E-state index in [0.717, 1.165) is 36.3 Å². The van der Waals surface area contributed by atoms with Crippen molar-refractivity contribution in [1.29, 1.82) is 0 Å². The summed E-state index contributed by atoms with van der Waals surface area (Å²) in [6.45, 7) is 0.459. The first-order valence-corrected chi connectivity index (χ1v) is 6.90. The maximum atomic E-state index is 13.0. The van der Waals surface area contributed by atoms with Crippen molar-refractivity contribution in [2.75, 3.05) is 11.9 Å². The van der Waals surface area contributed by atoms with E-state index in [1.54, 1.807) is 12.1 Å². The molecule has 3 nitrogen and oxygen atoms in total. The van der Waals surface area contributed by atoms with Crippen LogP contribution in [-0.4, -0.2) is 12.0 Å². The number of pyridine rings is 1. The Labute approximate surface area is 118 Å². The lowest BCUT2D eigenvalue weighted by molar-refractivity contribution is 0.628. The zero-order valence-corrected chi connectivity index (χ0v) is 11.6. The van der Waals surface area contributed by atoms with Crippen LogP contribution in [0.25, 0.3) is 0 Å². The molecule has 0 atom stereocenters. The Balaban J connectivity index is 2.02. The number of halogens is 1. The first-order chi connectivity index (χ1) is 9.69. The van der Waals surface area contributed by atoms with Crippen LogP contribution >= 0.6 is 0 Å². The molecule has 0 amide bonds. The molecule has 1 aliphatic rings. The smallest absolute Gasteiger partial charge is 0.137 e. The van der Waals surface area contributed by atoms with Crippen molar-refractivity contribution in [3.8, 4) is 0 Å². The highest BCUT2D eigenvalue weighted by Gasteiger charge is 2.18. The summed E-state index contributed by atoms with van der Waals surface area (Å²) < 4.78 is 13.0. The van der Waals surface area contributed by atoms with Gasteiger partial charge in [-0.3, -0.25) is 0 Å². The van der Waals surface area contributed by atoms with E-state index in [1.165, 1.54) is 23.4 Å². The minimum atomic E-state index is -0.233. The van der Waals surface area contributed by atoms with Crippen molar-refractivity contribution in [1.82, 2.24) is 4.98 Å². The molecule has 2 N–H and O–H groups in total. The van der Waals surface area contributed by atoms with E-state index in [0.29, 0.717) is 6.54 Å². The minimum Gasteiger partial charge on any atom is -0.329 e. The molecule has 1 aromatic carbocycles. The van der Waals surface area contributed by atoms with Crippen LogP contribution in [0, 0.1) is 5.82 Å². The van der Waals surface area contributed by atoms with Crippen molar-refractivity contribution >= 4 is 11.5 Å². The Kier molecular flexibility index (Phi) is 3.40. The molecule has 0 spiro atoms. The van der Waals surface area contributed by atoms with Crippen LogP contribution in [-0.2, 0) is 19.4 Å². The summed E-state index contributed by atoms with van der Waals surface area (Å²) in [5.41, 5.74) is 10.3. The minimum absolute atomic E-state index is 0.233. The monoisotopic (exact) mass is 271 g/mol. The number of nitrogens with zero attached hydrogens (tertiary/aromatic N) is 2. The molecule has 0 saturated carbocycles. The first kappa shape index (κ1) is 13.1. The summed E-state index contributed by atoms with van der Waals surface area (Å²) in [6, 6.07) is 8.60. The Morgan fingerprint density at radius 2 is 2.00 bits per heavy atom. The molecule has 1 heterocycles. The van der Waals surface area contributed by atoms with Crippen LogP contribution in [0.3, 0.4) is 0 Å². The summed E-state index contributed by atoms with van der Waals surface area (Å²) in [7, 11) is 1.94. The topological polar surface area (TPSA) is 42.2 Å². The van der Waals surface area contributed by atoms with Crippen LogP contribution in [0.15, 0.2) is 30.3 Å². The first-order valence-electron chi connectivity index (χ1n) is 6.90. The Hall–Kier alpha value is -1.94. The average Bonchev–Trinajstić information content (AvgIpc) is 2.93. The molecule has 1 aliphatic carbocycles. The van der Waals surface area contributed by atoms with Crippen LogP contribution in [0.5, 0.6) is 0 Å². The van der Waals surface area contributed by atoms with E-state index >= 15 is 0 Å². The molecule has 20 heavy (non-hydrogen) atoms. The second-order valence-corrected chi connectivity index (χ2v) is 5.17. The maximum absolute atomic E-state index is 13.0. The second-order valence-electron chi connectivity index (χ2n) is 5.17. The molecule has 0 aliphatic heterocycles. The number of hydrogen-bond acceptors (Lipinski definition) is 3. The van der Waals surface area contributed by atoms with E-state index in [9.17, 15) is 4.39 Å². The third-order valence-electron chi connectivity index (χ3n) is 3.86. The van der Waals surface area contributed by atoms with Gasteiger partial charge in [0.2, 0.25) is 0 Å². The zero-order valence-electron chi connectivity index (χ0n) is 11.6. The Morgan fingerprint density at radius 3 is 2.70 bits per heavy atom. The van der Waals surface area contributed by atoms with Crippen molar-refractivity contribution in [2.24, 2.45) is 5.73 Å². The van der Waals surface area contributed by atoms with Gasteiger partial charge in [-0.1, -0.05) is 0 Å². The highest BCUT2D eigenvalue weighted by atomic mass is 19.1. The SMILES string of the molecule is CN(c1ccc(F)cc1)c1nc2c(cc1CN)CCC2. The van der Waals surface area contributed by atoms with Gasteiger partial charge in [0.05, 0.1) is 0 Å². The van der Waals surface area contributed by atoms with E-state index in [4.69, 9.17) is 10.7 Å². The van der Waals surface area contributed by atoms with Gasteiger partial charge in [-0.05, 0) is 55.2 Å². The molecule has 3 rings (SSSR count). The van der Waals surface area contributed by atoms with Crippen LogP contribution < -0.4 is 10.6 Å². The molecule has 0 bridgehead atoms. The van der Waals surface area contributed by atoms with E-state index in [-0.39, 0.29) is 5.82 Å². The summed E-state index contributed by atoms with van der Waals surface area (Å²) in [5, 5.41) is 0. The number of anilines is 2. The summed E-state index contributed by atoms with van der Waals surface area (Å²) in [5.74, 6) is 0.642. The largest absolute Gasteiger partial charge is 0.329 e. The standard InChI is InChI=1S/C16H18FN3/c1-20(14-7-5-13(17)6-8-14)16-12(10-18)9-11-3-2-4-15(11)19-16/h5-9H,2-4,10,18H2,1H3. The molecular weight excluding hydrogens is 253 g/mol. The van der Waals surface area contributed by atoms with Gasteiger partial charge in [-0.2, -0.15) is 0 Å². The summed E-state index contributed by atoms with van der Waals surface area (Å²) >= 11 is 0. The molecular formula is C16H18FN3. The van der Waals surface area contributed by atoms with Crippen molar-refractivity contribution in [3.05, 3.63) is 53.0 Å². The van der Waals surface area contributed by atoms with Gasteiger partial charge in [0.25, 0.3) is 0 Å². The van der Waals surface area contributed by atoms with Crippen molar-refractivity contribution < 1.29 is 4.39 Å². The molecule has 0 radical (unpaired) electrons. The molecule has 104 valence electrons. The van der Waals surface area contributed by atoms with Crippen molar-refractivity contribution in [2.45, 2.75) is 25.8 Å². The average molecular weight is 271 g/mol. The van der Waals surface area contributed by atoms with Crippen LogP contribution in [0.1, 0.15) is 23.2 Å². The van der Waals surface area contributed by atoms with E-state index in [1.807, 2.05) is 11.9 Å². The van der Waals surface area contributed by atoms with Crippen molar-refractivity contribution in [3.63, 3.8) is 0 Å². The van der Waals surface area contributed by atoms with Crippen LogP contribution in [0.4, 0.5) is 15.9 Å². The fourth-order valence-corrected chi connectivity index (χ4v) is 2.74. The predicted molar refractivity (Wildman–Crippen MR) is 78.6 cm³/mol. The number of nitrogens with two attached hydrogens (primary N) is 1. The van der Waals surface area contributed by atoms with Gasteiger partial charge in [0.1, 0.15) is 11.6 Å². The predicted octanol–water partition coefficient (Wildman–Crippen LogP) is 2.94. The third kappa shape index (κ3) is 2.27. The van der Waals surface area contributed by atoms with Gasteiger partial charge >= 0.3 is 0 Å². The number of hydrogen-bond donors (Lipinski definition) is 1. The summed E-state index contributed by atoms with van der Waals surface area (Å²) in [6.07, 6.45) is 3.29. The number of benzene rings is 1. The molecule has 2 aromatic rings. The van der Waals surface area contributed by atoms with E-state index in [2.05, 4.69) is 6.07 Å². The second kappa shape index (κ2) is 5.21. The molecule has 0 saturated heterocycles. The van der Waals surface area contributed by atoms with Gasteiger partial charge in [0.15, 0.2) is 0 Å². The van der Waals surface area contributed by atoms with E-state index < -0.39 is 0 Å².